The molecule has 0 unspecified atom stereocenters. The van der Waals surface area contributed by atoms with Crippen molar-refractivity contribution in [3.63, 3.8) is 0 Å². The summed E-state index contributed by atoms with van der Waals surface area (Å²) in [6.07, 6.45) is 0.300. The molecule has 0 saturated heterocycles. The SMILES string of the molecule is COC(=O)[C@@H](Cc1ccccc1)NC(=O)c1cc(OC)c(OC)cc1OC. The first kappa shape index (κ1) is 20.1. The molecule has 0 spiro atoms. The predicted octanol–water partition coefficient (Wildman–Crippen LogP) is 2.23. The molecular formula is C20H23NO6. The van der Waals surface area contributed by atoms with Gasteiger partial charge in [0, 0.05) is 18.6 Å². The first-order chi connectivity index (χ1) is 13.0. The minimum Gasteiger partial charge on any atom is -0.496 e. The first-order valence-electron chi connectivity index (χ1n) is 8.26. The number of carbonyl (C=O) groups excluding carboxylic acids is 2. The topological polar surface area (TPSA) is 83.1 Å². The summed E-state index contributed by atoms with van der Waals surface area (Å²) in [6, 6.07) is 11.6. The molecule has 1 amide bonds. The third kappa shape index (κ3) is 4.91. The van der Waals surface area contributed by atoms with Gasteiger partial charge in [-0.2, -0.15) is 0 Å². The Morgan fingerprint density at radius 3 is 2.04 bits per heavy atom. The number of amides is 1. The highest BCUT2D eigenvalue weighted by molar-refractivity contribution is 5.99. The summed E-state index contributed by atoms with van der Waals surface area (Å²) in [7, 11) is 5.69. The average molecular weight is 373 g/mol. The molecular weight excluding hydrogens is 350 g/mol. The zero-order valence-electron chi connectivity index (χ0n) is 15.8. The maximum atomic E-state index is 12.8. The summed E-state index contributed by atoms with van der Waals surface area (Å²) in [5.74, 6) is 0.0834. The quantitative estimate of drug-likeness (QED) is 0.715. The van der Waals surface area contributed by atoms with E-state index in [1.165, 1.54) is 34.5 Å². The van der Waals surface area contributed by atoms with Gasteiger partial charge in [0.2, 0.25) is 0 Å². The van der Waals surface area contributed by atoms with Crippen molar-refractivity contribution in [3.05, 3.63) is 53.6 Å². The smallest absolute Gasteiger partial charge is 0.328 e. The second-order valence-electron chi connectivity index (χ2n) is 5.65. The van der Waals surface area contributed by atoms with Gasteiger partial charge >= 0.3 is 5.97 Å². The van der Waals surface area contributed by atoms with Crippen LogP contribution in [0.2, 0.25) is 0 Å². The predicted molar refractivity (Wildman–Crippen MR) is 99.5 cm³/mol. The Morgan fingerprint density at radius 1 is 0.889 bits per heavy atom. The van der Waals surface area contributed by atoms with Crippen LogP contribution in [-0.2, 0) is 16.0 Å². The third-order valence-corrected chi connectivity index (χ3v) is 4.02. The van der Waals surface area contributed by atoms with E-state index in [1.54, 1.807) is 6.07 Å². The van der Waals surface area contributed by atoms with Gasteiger partial charge in [0.15, 0.2) is 11.5 Å². The molecule has 144 valence electrons. The molecule has 0 bridgehead atoms. The van der Waals surface area contributed by atoms with E-state index in [4.69, 9.17) is 18.9 Å². The number of hydrogen-bond acceptors (Lipinski definition) is 6. The fourth-order valence-electron chi connectivity index (χ4n) is 2.63. The molecule has 1 atom stereocenters. The Labute approximate surface area is 158 Å². The van der Waals surface area contributed by atoms with Gasteiger partial charge in [0.05, 0.1) is 34.0 Å². The van der Waals surface area contributed by atoms with E-state index in [0.717, 1.165) is 5.56 Å². The summed E-state index contributed by atoms with van der Waals surface area (Å²) in [5.41, 5.74) is 1.12. The maximum absolute atomic E-state index is 12.8. The minimum absolute atomic E-state index is 0.220. The van der Waals surface area contributed by atoms with Crippen molar-refractivity contribution in [2.45, 2.75) is 12.5 Å². The summed E-state index contributed by atoms with van der Waals surface area (Å²) >= 11 is 0. The molecule has 0 heterocycles. The lowest BCUT2D eigenvalue weighted by atomic mass is 10.0. The molecule has 2 aromatic carbocycles. The van der Waals surface area contributed by atoms with Crippen LogP contribution in [0.3, 0.4) is 0 Å². The number of methoxy groups -OCH3 is 4. The fraction of sp³-hybridized carbons (Fsp3) is 0.300. The molecule has 2 rings (SSSR count). The molecule has 7 heteroatoms. The number of nitrogens with one attached hydrogen (secondary N) is 1. The van der Waals surface area contributed by atoms with E-state index in [1.807, 2.05) is 30.3 Å². The molecule has 27 heavy (non-hydrogen) atoms. The number of rotatable bonds is 8. The highest BCUT2D eigenvalue weighted by atomic mass is 16.5. The molecule has 2 aromatic rings. The van der Waals surface area contributed by atoms with Crippen LogP contribution < -0.4 is 19.5 Å². The number of ether oxygens (including phenoxy) is 4. The van der Waals surface area contributed by atoms with E-state index in [2.05, 4.69) is 5.32 Å². The van der Waals surface area contributed by atoms with Crippen LogP contribution in [0, 0.1) is 0 Å². The van der Waals surface area contributed by atoms with Crippen molar-refractivity contribution in [2.24, 2.45) is 0 Å². The van der Waals surface area contributed by atoms with Crippen LogP contribution in [0.4, 0.5) is 0 Å². The summed E-state index contributed by atoms with van der Waals surface area (Å²) < 4.78 is 20.6. The molecule has 0 aliphatic rings. The second kappa shape index (κ2) is 9.47. The minimum atomic E-state index is -0.845. The molecule has 0 radical (unpaired) electrons. The summed E-state index contributed by atoms with van der Waals surface area (Å²) in [6.45, 7) is 0. The van der Waals surface area contributed by atoms with Crippen molar-refractivity contribution < 1.29 is 28.5 Å². The van der Waals surface area contributed by atoms with Crippen LogP contribution >= 0.6 is 0 Å². The Balaban J connectivity index is 2.30. The molecule has 0 fully saturated rings. The van der Waals surface area contributed by atoms with E-state index >= 15 is 0 Å². The van der Waals surface area contributed by atoms with E-state index in [-0.39, 0.29) is 5.56 Å². The van der Waals surface area contributed by atoms with Crippen LogP contribution in [0.25, 0.3) is 0 Å². The number of benzene rings is 2. The van der Waals surface area contributed by atoms with Gasteiger partial charge in [0.1, 0.15) is 11.8 Å². The fourth-order valence-corrected chi connectivity index (χ4v) is 2.63. The van der Waals surface area contributed by atoms with Crippen LogP contribution in [0.5, 0.6) is 17.2 Å². The second-order valence-corrected chi connectivity index (χ2v) is 5.65. The van der Waals surface area contributed by atoms with Crippen molar-refractivity contribution in [1.82, 2.24) is 5.32 Å². The molecule has 1 N–H and O–H groups in total. The number of carbonyl (C=O) groups is 2. The van der Waals surface area contributed by atoms with E-state index < -0.39 is 17.9 Å². The van der Waals surface area contributed by atoms with Crippen LogP contribution in [0.1, 0.15) is 15.9 Å². The number of esters is 1. The van der Waals surface area contributed by atoms with Gasteiger partial charge in [0.25, 0.3) is 5.91 Å². The standard InChI is InChI=1S/C20H23NO6/c1-24-16-12-18(26-3)17(25-2)11-14(16)19(22)21-15(20(23)27-4)10-13-8-6-5-7-9-13/h5-9,11-12,15H,10H2,1-4H3,(H,21,22)/t15-/m1/s1. The lowest BCUT2D eigenvalue weighted by Crippen LogP contribution is -2.43. The van der Waals surface area contributed by atoms with Gasteiger partial charge in [-0.3, -0.25) is 4.79 Å². The van der Waals surface area contributed by atoms with Crippen LogP contribution in [0.15, 0.2) is 42.5 Å². The lowest BCUT2D eigenvalue weighted by molar-refractivity contribution is -0.142. The highest BCUT2D eigenvalue weighted by Crippen LogP contribution is 2.34. The Bertz CT molecular complexity index is 791. The van der Waals surface area contributed by atoms with Gasteiger partial charge < -0.3 is 24.3 Å². The van der Waals surface area contributed by atoms with Crippen molar-refractivity contribution >= 4 is 11.9 Å². The maximum Gasteiger partial charge on any atom is 0.328 e. The zero-order chi connectivity index (χ0) is 19.8. The Kier molecular flexibility index (Phi) is 7.05. The van der Waals surface area contributed by atoms with Crippen molar-refractivity contribution in [1.29, 1.82) is 0 Å². The highest BCUT2D eigenvalue weighted by Gasteiger charge is 2.25. The lowest BCUT2D eigenvalue weighted by Gasteiger charge is -2.18. The average Bonchev–Trinajstić information content (AvgIpc) is 2.72. The van der Waals surface area contributed by atoms with Gasteiger partial charge in [-0.25, -0.2) is 4.79 Å². The largest absolute Gasteiger partial charge is 0.496 e. The van der Waals surface area contributed by atoms with Crippen molar-refractivity contribution in [2.75, 3.05) is 28.4 Å². The molecule has 0 saturated carbocycles. The van der Waals surface area contributed by atoms with Crippen LogP contribution in [-0.4, -0.2) is 46.4 Å². The molecule has 7 nitrogen and oxygen atoms in total. The van der Waals surface area contributed by atoms with Gasteiger partial charge in [-0.15, -0.1) is 0 Å². The Morgan fingerprint density at radius 2 is 1.48 bits per heavy atom. The summed E-state index contributed by atoms with van der Waals surface area (Å²) in [5, 5.41) is 2.71. The van der Waals surface area contributed by atoms with Gasteiger partial charge in [-0.05, 0) is 5.56 Å². The molecule has 0 aliphatic carbocycles. The molecule has 0 aromatic heterocycles. The third-order valence-electron chi connectivity index (χ3n) is 4.02. The number of hydrogen-bond donors (Lipinski definition) is 1. The van der Waals surface area contributed by atoms with E-state index in [0.29, 0.717) is 23.7 Å². The normalized spacial score (nSPS) is 11.3. The Hall–Kier alpha value is -3.22. The van der Waals surface area contributed by atoms with Crippen molar-refractivity contribution in [3.8, 4) is 17.2 Å². The summed E-state index contributed by atoms with van der Waals surface area (Å²) in [4.78, 5) is 25.0. The van der Waals surface area contributed by atoms with Gasteiger partial charge in [-0.1, -0.05) is 30.3 Å². The molecule has 0 aliphatic heterocycles. The zero-order valence-corrected chi connectivity index (χ0v) is 15.8. The van der Waals surface area contributed by atoms with E-state index in [9.17, 15) is 9.59 Å². The monoisotopic (exact) mass is 373 g/mol. The first-order valence-corrected chi connectivity index (χ1v) is 8.26.